The van der Waals surface area contributed by atoms with Gasteiger partial charge in [-0.2, -0.15) is 0 Å². The largest absolute Gasteiger partial charge is 0.387 e. The highest BCUT2D eigenvalue weighted by molar-refractivity contribution is 5.87. The molecule has 0 radical (unpaired) electrons. The Morgan fingerprint density at radius 2 is 1.84 bits per heavy atom. The second kappa shape index (κ2) is 5.72. The van der Waals surface area contributed by atoms with Crippen LogP contribution in [0.4, 0.5) is 0 Å². The maximum atomic E-state index is 10.5. The molecule has 2 rings (SSSR count). The van der Waals surface area contributed by atoms with Crippen LogP contribution in [0.3, 0.4) is 0 Å². The third kappa shape index (κ3) is 3.14. The molecule has 2 aromatic rings. The lowest BCUT2D eigenvalue weighted by Gasteiger charge is -2.19. The van der Waals surface area contributed by atoms with Gasteiger partial charge in [0.1, 0.15) is 0 Å². The molecule has 0 saturated carbocycles. The Morgan fingerprint density at radius 3 is 2.53 bits per heavy atom. The SMILES string of the molecule is Cc1ccc2c([C@H](O)CNC(C)C)c(C)ccc2c1. The zero-order chi connectivity index (χ0) is 14.0. The monoisotopic (exact) mass is 257 g/mol. The van der Waals surface area contributed by atoms with Crippen LogP contribution in [0.1, 0.15) is 36.6 Å². The number of aliphatic hydroxyl groups is 1. The van der Waals surface area contributed by atoms with E-state index in [1.54, 1.807) is 0 Å². The average Bonchev–Trinajstić information content (AvgIpc) is 2.36. The Bertz CT molecular complexity index is 575. The minimum atomic E-state index is -0.464. The highest BCUT2D eigenvalue weighted by atomic mass is 16.3. The zero-order valence-corrected chi connectivity index (χ0v) is 12.2. The van der Waals surface area contributed by atoms with Crippen molar-refractivity contribution < 1.29 is 5.11 Å². The van der Waals surface area contributed by atoms with Gasteiger partial charge in [-0.15, -0.1) is 0 Å². The highest BCUT2D eigenvalue weighted by Gasteiger charge is 2.14. The maximum absolute atomic E-state index is 10.5. The molecular weight excluding hydrogens is 234 g/mol. The first-order valence-electron chi connectivity index (χ1n) is 6.90. The summed E-state index contributed by atoms with van der Waals surface area (Å²) in [6.07, 6.45) is -0.464. The van der Waals surface area contributed by atoms with Gasteiger partial charge in [-0.1, -0.05) is 49.7 Å². The second-order valence-corrected chi connectivity index (χ2v) is 5.60. The van der Waals surface area contributed by atoms with E-state index in [9.17, 15) is 5.11 Å². The first kappa shape index (κ1) is 14.0. The predicted molar refractivity (Wildman–Crippen MR) is 81.5 cm³/mol. The number of hydrogen-bond donors (Lipinski definition) is 2. The first-order valence-corrected chi connectivity index (χ1v) is 6.90. The standard InChI is InChI=1S/C17H23NO/c1-11(2)18-10-16(19)17-13(4)6-7-14-9-12(3)5-8-15(14)17/h5-9,11,16,18-19H,10H2,1-4H3/t16-/m1/s1. The summed E-state index contributed by atoms with van der Waals surface area (Å²) in [5.41, 5.74) is 3.44. The molecule has 0 aromatic heterocycles. The summed E-state index contributed by atoms with van der Waals surface area (Å²) in [5.74, 6) is 0. The van der Waals surface area contributed by atoms with E-state index in [-0.39, 0.29) is 0 Å². The lowest BCUT2D eigenvalue weighted by Crippen LogP contribution is -2.28. The Balaban J connectivity index is 2.43. The van der Waals surface area contributed by atoms with Crippen LogP contribution >= 0.6 is 0 Å². The number of aryl methyl sites for hydroxylation is 2. The Morgan fingerprint density at radius 1 is 1.11 bits per heavy atom. The molecule has 0 spiro atoms. The molecule has 0 fully saturated rings. The summed E-state index contributed by atoms with van der Waals surface area (Å²) >= 11 is 0. The van der Waals surface area contributed by atoms with E-state index in [0.29, 0.717) is 12.6 Å². The van der Waals surface area contributed by atoms with Gasteiger partial charge in [-0.25, -0.2) is 0 Å². The Labute approximate surface area is 115 Å². The van der Waals surface area contributed by atoms with Crippen LogP contribution in [-0.2, 0) is 0 Å². The Hall–Kier alpha value is -1.38. The molecule has 0 heterocycles. The van der Waals surface area contributed by atoms with Gasteiger partial charge < -0.3 is 10.4 Å². The number of rotatable bonds is 4. The van der Waals surface area contributed by atoms with Crippen molar-refractivity contribution in [2.75, 3.05) is 6.54 Å². The zero-order valence-electron chi connectivity index (χ0n) is 12.2. The fourth-order valence-electron chi connectivity index (χ4n) is 2.47. The van der Waals surface area contributed by atoms with Gasteiger partial charge in [0.15, 0.2) is 0 Å². The lowest BCUT2D eigenvalue weighted by atomic mass is 9.94. The molecule has 102 valence electrons. The van der Waals surface area contributed by atoms with Crippen LogP contribution < -0.4 is 5.32 Å². The highest BCUT2D eigenvalue weighted by Crippen LogP contribution is 2.28. The number of benzene rings is 2. The van der Waals surface area contributed by atoms with Crippen molar-refractivity contribution in [3.8, 4) is 0 Å². The third-order valence-corrected chi connectivity index (χ3v) is 3.49. The van der Waals surface area contributed by atoms with E-state index in [2.05, 4.69) is 63.3 Å². The normalized spacial score (nSPS) is 13.2. The van der Waals surface area contributed by atoms with Crippen molar-refractivity contribution in [3.63, 3.8) is 0 Å². The van der Waals surface area contributed by atoms with Crippen molar-refractivity contribution in [1.82, 2.24) is 5.32 Å². The van der Waals surface area contributed by atoms with Crippen LogP contribution in [0, 0.1) is 13.8 Å². The average molecular weight is 257 g/mol. The fourth-order valence-corrected chi connectivity index (χ4v) is 2.47. The van der Waals surface area contributed by atoms with Gasteiger partial charge in [-0.3, -0.25) is 0 Å². The summed E-state index contributed by atoms with van der Waals surface area (Å²) in [7, 11) is 0. The summed E-state index contributed by atoms with van der Waals surface area (Å²) < 4.78 is 0. The van der Waals surface area contributed by atoms with Crippen LogP contribution in [0.15, 0.2) is 30.3 Å². The molecule has 0 unspecified atom stereocenters. The van der Waals surface area contributed by atoms with Crippen molar-refractivity contribution in [2.24, 2.45) is 0 Å². The first-order chi connectivity index (χ1) is 8.99. The van der Waals surface area contributed by atoms with Crippen molar-refractivity contribution in [3.05, 3.63) is 47.0 Å². The van der Waals surface area contributed by atoms with Gasteiger partial charge in [0.2, 0.25) is 0 Å². The summed E-state index contributed by atoms with van der Waals surface area (Å²) in [6.45, 7) is 8.92. The molecule has 0 amide bonds. The molecule has 0 aliphatic rings. The van der Waals surface area contributed by atoms with E-state index >= 15 is 0 Å². The molecule has 0 bridgehead atoms. The quantitative estimate of drug-likeness (QED) is 0.878. The number of aliphatic hydroxyl groups excluding tert-OH is 1. The van der Waals surface area contributed by atoms with Crippen molar-refractivity contribution >= 4 is 10.8 Å². The van der Waals surface area contributed by atoms with E-state index in [4.69, 9.17) is 0 Å². The van der Waals surface area contributed by atoms with E-state index in [1.807, 2.05) is 0 Å². The van der Waals surface area contributed by atoms with Crippen LogP contribution in [-0.4, -0.2) is 17.7 Å². The third-order valence-electron chi connectivity index (χ3n) is 3.49. The minimum Gasteiger partial charge on any atom is -0.387 e. The molecule has 2 N–H and O–H groups in total. The lowest BCUT2D eigenvalue weighted by molar-refractivity contribution is 0.172. The maximum Gasteiger partial charge on any atom is 0.0923 e. The Kier molecular flexibility index (Phi) is 4.23. The molecule has 19 heavy (non-hydrogen) atoms. The summed E-state index contributed by atoms with van der Waals surface area (Å²) in [5, 5.41) is 16.1. The van der Waals surface area contributed by atoms with Gasteiger partial charge in [0.05, 0.1) is 6.10 Å². The topological polar surface area (TPSA) is 32.3 Å². The number of hydrogen-bond acceptors (Lipinski definition) is 2. The summed E-state index contributed by atoms with van der Waals surface area (Å²) in [6, 6.07) is 11.0. The molecule has 2 aromatic carbocycles. The minimum absolute atomic E-state index is 0.382. The molecule has 1 atom stereocenters. The fraction of sp³-hybridized carbons (Fsp3) is 0.412. The van der Waals surface area contributed by atoms with Gasteiger partial charge in [0.25, 0.3) is 0 Å². The van der Waals surface area contributed by atoms with E-state index < -0.39 is 6.10 Å². The summed E-state index contributed by atoms with van der Waals surface area (Å²) in [4.78, 5) is 0. The number of fused-ring (bicyclic) bond motifs is 1. The van der Waals surface area contributed by atoms with Gasteiger partial charge in [-0.05, 0) is 35.7 Å². The van der Waals surface area contributed by atoms with Crippen LogP contribution in [0.2, 0.25) is 0 Å². The van der Waals surface area contributed by atoms with E-state index in [0.717, 1.165) is 16.5 Å². The van der Waals surface area contributed by atoms with Gasteiger partial charge >= 0.3 is 0 Å². The molecule has 2 heteroatoms. The van der Waals surface area contributed by atoms with Crippen molar-refractivity contribution in [1.29, 1.82) is 0 Å². The smallest absolute Gasteiger partial charge is 0.0923 e. The predicted octanol–water partition coefficient (Wildman–Crippen LogP) is 3.49. The van der Waals surface area contributed by atoms with Gasteiger partial charge in [0, 0.05) is 12.6 Å². The molecule has 0 aliphatic carbocycles. The molecule has 2 nitrogen and oxygen atoms in total. The molecule has 0 aliphatic heterocycles. The van der Waals surface area contributed by atoms with Crippen LogP contribution in [0.5, 0.6) is 0 Å². The van der Waals surface area contributed by atoms with E-state index in [1.165, 1.54) is 10.9 Å². The molecular formula is C17H23NO. The van der Waals surface area contributed by atoms with Crippen LogP contribution in [0.25, 0.3) is 10.8 Å². The van der Waals surface area contributed by atoms with Crippen molar-refractivity contribution in [2.45, 2.75) is 39.8 Å². The molecule has 0 saturated heterocycles. The second-order valence-electron chi connectivity index (χ2n) is 5.60. The number of nitrogens with one attached hydrogen (secondary N) is 1.